The molecule has 0 aliphatic heterocycles. The number of sulfonamides is 1. The molecule has 0 aromatic heterocycles. The maximum Gasteiger partial charge on any atom is 0.241 e. The van der Waals surface area contributed by atoms with Crippen LogP contribution in [0.5, 0.6) is 0 Å². The zero-order valence-electron chi connectivity index (χ0n) is 12.7. The van der Waals surface area contributed by atoms with Crippen LogP contribution >= 0.6 is 0 Å². The van der Waals surface area contributed by atoms with Crippen molar-refractivity contribution in [1.82, 2.24) is 4.72 Å². The van der Waals surface area contributed by atoms with Gasteiger partial charge in [-0.25, -0.2) is 13.1 Å². The Morgan fingerprint density at radius 3 is 1.95 bits per heavy atom. The number of hydrogen-bond acceptors (Lipinski definition) is 2. The van der Waals surface area contributed by atoms with Crippen LogP contribution in [0.4, 0.5) is 0 Å². The minimum Gasteiger partial charge on any atom is -0.208 e. The van der Waals surface area contributed by atoms with Gasteiger partial charge in [0.05, 0.1) is 4.90 Å². The summed E-state index contributed by atoms with van der Waals surface area (Å²) in [6.07, 6.45) is 6.62. The summed E-state index contributed by atoms with van der Waals surface area (Å²) in [5, 5.41) is 0. The maximum absolute atomic E-state index is 12.7. The van der Waals surface area contributed by atoms with Crippen molar-refractivity contribution in [2.24, 2.45) is 0 Å². The Hall–Kier alpha value is -0.870. The van der Waals surface area contributed by atoms with Gasteiger partial charge in [0.15, 0.2) is 0 Å². The third-order valence-electron chi connectivity index (χ3n) is 4.05. The fraction of sp³-hybridized carbons (Fsp3) is 0.625. The normalized spacial score (nSPS) is 17.9. The lowest BCUT2D eigenvalue weighted by Crippen LogP contribution is -2.35. The fourth-order valence-electron chi connectivity index (χ4n) is 3.27. The Kier molecular flexibility index (Phi) is 4.86. The summed E-state index contributed by atoms with van der Waals surface area (Å²) < 4.78 is 28.2. The maximum atomic E-state index is 12.7. The van der Waals surface area contributed by atoms with Gasteiger partial charge in [-0.2, -0.15) is 0 Å². The summed E-state index contributed by atoms with van der Waals surface area (Å²) in [5.41, 5.74) is 2.78. The Morgan fingerprint density at radius 2 is 1.45 bits per heavy atom. The van der Waals surface area contributed by atoms with E-state index in [4.69, 9.17) is 0 Å². The molecular formula is C16H25NO2S. The Balaban J connectivity index is 2.26. The average molecular weight is 295 g/mol. The lowest BCUT2D eigenvalue weighted by molar-refractivity contribution is 0.509. The van der Waals surface area contributed by atoms with Crippen LogP contribution in [-0.4, -0.2) is 14.5 Å². The average Bonchev–Trinajstić information content (AvgIpc) is 2.54. The van der Waals surface area contributed by atoms with Gasteiger partial charge in [0.1, 0.15) is 0 Å². The zero-order chi connectivity index (χ0) is 14.8. The first-order valence-corrected chi connectivity index (χ1v) is 8.98. The van der Waals surface area contributed by atoms with E-state index in [0.29, 0.717) is 4.90 Å². The summed E-state index contributed by atoms with van der Waals surface area (Å²) in [6.45, 7) is 5.75. The van der Waals surface area contributed by atoms with Crippen LogP contribution in [0.15, 0.2) is 17.0 Å². The molecule has 3 nitrogen and oxygen atoms in total. The second kappa shape index (κ2) is 6.27. The van der Waals surface area contributed by atoms with Crippen molar-refractivity contribution in [1.29, 1.82) is 0 Å². The highest BCUT2D eigenvalue weighted by atomic mass is 32.2. The van der Waals surface area contributed by atoms with Gasteiger partial charge in [-0.1, -0.05) is 43.4 Å². The largest absolute Gasteiger partial charge is 0.241 e. The van der Waals surface area contributed by atoms with Crippen molar-refractivity contribution in [2.45, 2.75) is 70.2 Å². The van der Waals surface area contributed by atoms with Crippen molar-refractivity contribution < 1.29 is 8.42 Å². The SMILES string of the molecule is Cc1cc(C)c(S(=O)(=O)NC2CCCCCC2)c(C)c1. The van der Waals surface area contributed by atoms with E-state index in [1.165, 1.54) is 12.8 Å². The van der Waals surface area contributed by atoms with Crippen molar-refractivity contribution in [3.05, 3.63) is 28.8 Å². The lowest BCUT2D eigenvalue weighted by atomic mass is 10.1. The highest BCUT2D eigenvalue weighted by molar-refractivity contribution is 7.89. The van der Waals surface area contributed by atoms with Gasteiger partial charge in [-0.3, -0.25) is 0 Å². The third-order valence-corrected chi connectivity index (χ3v) is 5.88. The van der Waals surface area contributed by atoms with Gasteiger partial charge in [0.25, 0.3) is 0 Å². The molecular weight excluding hydrogens is 270 g/mol. The molecule has 0 radical (unpaired) electrons. The summed E-state index contributed by atoms with van der Waals surface area (Å²) >= 11 is 0. The molecule has 0 unspecified atom stereocenters. The minimum absolute atomic E-state index is 0.0996. The molecule has 112 valence electrons. The lowest BCUT2D eigenvalue weighted by Gasteiger charge is -2.19. The quantitative estimate of drug-likeness (QED) is 0.866. The van der Waals surface area contributed by atoms with Crippen LogP contribution in [0.2, 0.25) is 0 Å². The summed E-state index contributed by atoms with van der Waals surface area (Å²) in [5.74, 6) is 0. The molecule has 0 spiro atoms. The number of nitrogens with one attached hydrogen (secondary N) is 1. The number of benzene rings is 1. The van der Waals surface area contributed by atoms with E-state index in [-0.39, 0.29) is 6.04 Å². The second-order valence-electron chi connectivity index (χ2n) is 6.04. The number of hydrogen-bond donors (Lipinski definition) is 1. The minimum atomic E-state index is -3.40. The predicted molar refractivity (Wildman–Crippen MR) is 82.5 cm³/mol. The van der Waals surface area contributed by atoms with E-state index >= 15 is 0 Å². The first-order chi connectivity index (χ1) is 9.40. The molecule has 4 heteroatoms. The standard InChI is InChI=1S/C16H25NO2S/c1-12-10-13(2)16(14(3)11-12)20(18,19)17-15-8-6-4-5-7-9-15/h10-11,15,17H,4-9H2,1-3H3. The van der Waals surface area contributed by atoms with Gasteiger partial charge in [-0.15, -0.1) is 0 Å². The van der Waals surface area contributed by atoms with Crippen LogP contribution in [0, 0.1) is 20.8 Å². The highest BCUT2D eigenvalue weighted by Crippen LogP contribution is 2.24. The van der Waals surface area contributed by atoms with Gasteiger partial charge in [0.2, 0.25) is 10.0 Å². The number of rotatable bonds is 3. The molecule has 0 saturated heterocycles. The van der Waals surface area contributed by atoms with Gasteiger partial charge < -0.3 is 0 Å². The second-order valence-corrected chi connectivity index (χ2v) is 7.69. The monoisotopic (exact) mass is 295 g/mol. The molecule has 0 atom stereocenters. The van der Waals surface area contributed by atoms with E-state index in [2.05, 4.69) is 4.72 Å². The molecule has 1 aromatic rings. The van der Waals surface area contributed by atoms with E-state index in [0.717, 1.165) is 42.4 Å². The summed E-state index contributed by atoms with van der Waals surface area (Å²) in [6, 6.07) is 3.98. The van der Waals surface area contributed by atoms with Crippen molar-refractivity contribution in [3.8, 4) is 0 Å². The van der Waals surface area contributed by atoms with Crippen molar-refractivity contribution in [3.63, 3.8) is 0 Å². The smallest absolute Gasteiger partial charge is 0.208 e. The summed E-state index contributed by atoms with van der Waals surface area (Å²) in [7, 11) is -3.40. The Morgan fingerprint density at radius 1 is 0.950 bits per heavy atom. The first kappa shape index (κ1) is 15.5. The molecule has 0 amide bonds. The molecule has 0 heterocycles. The predicted octanol–water partition coefficient (Wildman–Crippen LogP) is 3.61. The van der Waals surface area contributed by atoms with Gasteiger partial charge in [-0.05, 0) is 44.7 Å². The van der Waals surface area contributed by atoms with E-state index < -0.39 is 10.0 Å². The molecule has 1 aliphatic rings. The van der Waals surface area contributed by atoms with Crippen LogP contribution in [0.3, 0.4) is 0 Å². The molecule has 0 bridgehead atoms. The first-order valence-electron chi connectivity index (χ1n) is 7.50. The number of aryl methyl sites for hydroxylation is 3. The molecule has 2 rings (SSSR count). The van der Waals surface area contributed by atoms with Crippen molar-refractivity contribution in [2.75, 3.05) is 0 Å². The third kappa shape index (κ3) is 3.61. The molecule has 20 heavy (non-hydrogen) atoms. The Bertz CT molecular complexity index is 547. The van der Waals surface area contributed by atoms with Gasteiger partial charge >= 0.3 is 0 Å². The van der Waals surface area contributed by atoms with E-state index in [1.54, 1.807) is 0 Å². The highest BCUT2D eigenvalue weighted by Gasteiger charge is 2.24. The molecule has 1 aromatic carbocycles. The van der Waals surface area contributed by atoms with E-state index in [9.17, 15) is 8.42 Å². The molecule has 1 fully saturated rings. The van der Waals surface area contributed by atoms with Crippen molar-refractivity contribution >= 4 is 10.0 Å². The topological polar surface area (TPSA) is 46.2 Å². The molecule has 1 saturated carbocycles. The zero-order valence-corrected chi connectivity index (χ0v) is 13.5. The van der Waals surface area contributed by atoms with Crippen LogP contribution < -0.4 is 4.72 Å². The summed E-state index contributed by atoms with van der Waals surface area (Å²) in [4.78, 5) is 0.465. The Labute approximate surface area is 122 Å². The van der Waals surface area contributed by atoms with Crippen LogP contribution in [-0.2, 0) is 10.0 Å². The molecule has 1 N–H and O–H groups in total. The van der Waals surface area contributed by atoms with Crippen LogP contribution in [0.25, 0.3) is 0 Å². The molecule has 1 aliphatic carbocycles. The van der Waals surface area contributed by atoms with E-state index in [1.807, 2.05) is 32.9 Å². The fourth-order valence-corrected chi connectivity index (χ4v) is 5.02. The van der Waals surface area contributed by atoms with Gasteiger partial charge in [0, 0.05) is 6.04 Å². The van der Waals surface area contributed by atoms with Crippen LogP contribution in [0.1, 0.15) is 55.2 Å².